The fourth-order valence-electron chi connectivity index (χ4n) is 2.46. The zero-order valence-corrected chi connectivity index (χ0v) is 16.7. The van der Waals surface area contributed by atoms with Crippen molar-refractivity contribution in [3.8, 4) is 0 Å². The highest BCUT2D eigenvalue weighted by molar-refractivity contribution is 7.89. The summed E-state index contributed by atoms with van der Waals surface area (Å²) < 4.78 is 26.0. The summed E-state index contributed by atoms with van der Waals surface area (Å²) in [6.07, 6.45) is 1.83. The summed E-state index contributed by atoms with van der Waals surface area (Å²) in [5.74, 6) is -0.227. The molecule has 2 aromatic rings. The minimum absolute atomic E-state index is 0.00775. The van der Waals surface area contributed by atoms with Crippen LogP contribution in [0.5, 0.6) is 0 Å². The highest BCUT2D eigenvalue weighted by Gasteiger charge is 2.30. The molecule has 0 aliphatic heterocycles. The summed E-state index contributed by atoms with van der Waals surface area (Å²) in [4.78, 5) is 24.8. The number of hydrogen-bond donors (Lipinski definition) is 2. The molecule has 1 aromatic carbocycles. The maximum Gasteiger partial charge on any atom is 0.261 e. The lowest BCUT2D eigenvalue weighted by Crippen LogP contribution is -2.26. The standard InChI is InChI=1S/C18H21N3O4S2/c1-21(2)27(24,25)15-6-4-3-5-13(15)11-19-18(23)14-9-10-16(26-14)20-17(22)12-7-8-12/h3-6,9-10,12H,7-8,11H2,1-2H3,(H,19,23)(H,20,22). The third-order valence-corrected chi connectivity index (χ3v) is 7.11. The molecule has 0 saturated heterocycles. The summed E-state index contributed by atoms with van der Waals surface area (Å²) >= 11 is 1.19. The molecule has 2 N–H and O–H groups in total. The Balaban J connectivity index is 1.66. The fourth-order valence-corrected chi connectivity index (χ4v) is 4.40. The van der Waals surface area contributed by atoms with Crippen LogP contribution >= 0.6 is 11.3 Å². The van der Waals surface area contributed by atoms with Crippen LogP contribution in [-0.2, 0) is 21.4 Å². The Morgan fingerprint density at radius 1 is 1.15 bits per heavy atom. The minimum Gasteiger partial charge on any atom is -0.347 e. The molecule has 1 fully saturated rings. The van der Waals surface area contributed by atoms with E-state index in [-0.39, 0.29) is 29.2 Å². The SMILES string of the molecule is CN(C)S(=O)(=O)c1ccccc1CNC(=O)c1ccc(NC(=O)C2CC2)s1. The van der Waals surface area contributed by atoms with Gasteiger partial charge in [0.15, 0.2) is 0 Å². The number of carbonyl (C=O) groups excluding carboxylic acids is 2. The molecule has 9 heteroatoms. The first kappa shape index (κ1) is 19.5. The molecule has 7 nitrogen and oxygen atoms in total. The van der Waals surface area contributed by atoms with Gasteiger partial charge < -0.3 is 10.6 Å². The zero-order valence-electron chi connectivity index (χ0n) is 15.1. The second-order valence-corrected chi connectivity index (χ2v) is 9.71. The molecule has 0 unspecified atom stereocenters. The van der Waals surface area contributed by atoms with Gasteiger partial charge in [0.1, 0.15) is 0 Å². The van der Waals surface area contributed by atoms with Crippen molar-refractivity contribution in [3.63, 3.8) is 0 Å². The van der Waals surface area contributed by atoms with Crippen LogP contribution < -0.4 is 10.6 Å². The summed E-state index contributed by atoms with van der Waals surface area (Å²) in [6, 6.07) is 9.91. The summed E-state index contributed by atoms with van der Waals surface area (Å²) in [5.41, 5.74) is 0.512. The second kappa shape index (κ2) is 7.79. The maximum absolute atomic E-state index is 12.4. The van der Waals surface area contributed by atoms with Gasteiger partial charge in [-0.15, -0.1) is 11.3 Å². The summed E-state index contributed by atoms with van der Waals surface area (Å²) in [6.45, 7) is 0.0870. The lowest BCUT2D eigenvalue weighted by atomic mass is 10.2. The van der Waals surface area contributed by atoms with Crippen LogP contribution in [0.1, 0.15) is 28.1 Å². The van der Waals surface area contributed by atoms with Gasteiger partial charge in [0.2, 0.25) is 15.9 Å². The van der Waals surface area contributed by atoms with Crippen LogP contribution in [0.4, 0.5) is 5.00 Å². The van der Waals surface area contributed by atoms with Gasteiger partial charge in [-0.3, -0.25) is 9.59 Å². The molecule has 0 atom stereocenters. The van der Waals surface area contributed by atoms with Crippen LogP contribution in [0.3, 0.4) is 0 Å². The van der Waals surface area contributed by atoms with E-state index in [1.54, 1.807) is 30.3 Å². The van der Waals surface area contributed by atoms with E-state index in [0.29, 0.717) is 15.4 Å². The van der Waals surface area contributed by atoms with E-state index in [4.69, 9.17) is 0 Å². The van der Waals surface area contributed by atoms with Gasteiger partial charge >= 0.3 is 0 Å². The van der Waals surface area contributed by atoms with Crippen molar-refractivity contribution in [2.24, 2.45) is 5.92 Å². The zero-order chi connectivity index (χ0) is 19.6. The Hall–Kier alpha value is -2.23. The Labute approximate surface area is 162 Å². The highest BCUT2D eigenvalue weighted by Crippen LogP contribution is 2.31. The van der Waals surface area contributed by atoms with Gasteiger partial charge in [0, 0.05) is 26.6 Å². The lowest BCUT2D eigenvalue weighted by molar-refractivity contribution is -0.117. The van der Waals surface area contributed by atoms with Crippen molar-refractivity contribution >= 4 is 38.2 Å². The Morgan fingerprint density at radius 3 is 2.52 bits per heavy atom. The number of sulfonamides is 1. The van der Waals surface area contributed by atoms with Gasteiger partial charge in [-0.1, -0.05) is 18.2 Å². The number of carbonyl (C=O) groups is 2. The Kier molecular flexibility index (Phi) is 5.64. The molecule has 1 aliphatic carbocycles. The second-order valence-electron chi connectivity index (χ2n) is 6.51. The monoisotopic (exact) mass is 407 g/mol. The number of hydrogen-bond acceptors (Lipinski definition) is 5. The van der Waals surface area contributed by atoms with E-state index in [9.17, 15) is 18.0 Å². The van der Waals surface area contributed by atoms with E-state index in [1.165, 1.54) is 31.5 Å². The molecule has 1 saturated carbocycles. The Morgan fingerprint density at radius 2 is 1.85 bits per heavy atom. The normalized spacial score (nSPS) is 14.2. The highest BCUT2D eigenvalue weighted by atomic mass is 32.2. The van der Waals surface area contributed by atoms with E-state index in [1.807, 2.05) is 0 Å². The molecular formula is C18H21N3O4S2. The van der Waals surface area contributed by atoms with Crippen molar-refractivity contribution < 1.29 is 18.0 Å². The largest absolute Gasteiger partial charge is 0.347 e. The predicted molar refractivity (Wildman–Crippen MR) is 104 cm³/mol. The average Bonchev–Trinajstić information content (AvgIpc) is 3.39. The topological polar surface area (TPSA) is 95.6 Å². The molecule has 1 aliphatic rings. The van der Waals surface area contributed by atoms with Crippen LogP contribution in [-0.4, -0.2) is 38.6 Å². The molecule has 0 radical (unpaired) electrons. The van der Waals surface area contributed by atoms with Gasteiger partial charge in [0.25, 0.3) is 5.91 Å². The number of benzene rings is 1. The third-order valence-electron chi connectivity index (χ3n) is 4.19. The summed E-state index contributed by atoms with van der Waals surface area (Å²) in [7, 11) is -0.662. The number of rotatable bonds is 7. The molecule has 0 spiro atoms. The van der Waals surface area contributed by atoms with Crippen molar-refractivity contribution in [1.82, 2.24) is 9.62 Å². The first-order chi connectivity index (χ1) is 12.8. The van der Waals surface area contributed by atoms with E-state index >= 15 is 0 Å². The Bertz CT molecular complexity index is 962. The first-order valence-corrected chi connectivity index (χ1v) is 10.7. The van der Waals surface area contributed by atoms with Crippen molar-refractivity contribution in [1.29, 1.82) is 0 Å². The minimum atomic E-state index is -3.59. The van der Waals surface area contributed by atoms with E-state index < -0.39 is 10.0 Å². The van der Waals surface area contributed by atoms with Crippen molar-refractivity contribution in [3.05, 3.63) is 46.8 Å². The third kappa shape index (κ3) is 4.55. The molecule has 1 aromatic heterocycles. The molecule has 3 rings (SSSR count). The molecular weight excluding hydrogens is 386 g/mol. The summed E-state index contributed by atoms with van der Waals surface area (Å²) in [5, 5.41) is 6.19. The van der Waals surface area contributed by atoms with Crippen LogP contribution in [0.25, 0.3) is 0 Å². The van der Waals surface area contributed by atoms with Crippen molar-refractivity contribution in [2.75, 3.05) is 19.4 Å². The molecule has 1 heterocycles. The van der Waals surface area contributed by atoms with Crippen molar-refractivity contribution in [2.45, 2.75) is 24.3 Å². The van der Waals surface area contributed by atoms with Crippen LogP contribution in [0, 0.1) is 5.92 Å². The van der Waals surface area contributed by atoms with Crippen LogP contribution in [0.2, 0.25) is 0 Å². The molecule has 0 bridgehead atoms. The fraction of sp³-hybridized carbons (Fsp3) is 0.333. The first-order valence-electron chi connectivity index (χ1n) is 8.48. The van der Waals surface area contributed by atoms with Gasteiger partial charge in [-0.2, -0.15) is 0 Å². The predicted octanol–water partition coefficient (Wildman–Crippen LogP) is 2.28. The lowest BCUT2D eigenvalue weighted by Gasteiger charge is -2.15. The number of amides is 2. The maximum atomic E-state index is 12.4. The average molecular weight is 408 g/mol. The van der Waals surface area contributed by atoms with Gasteiger partial charge in [-0.05, 0) is 36.6 Å². The van der Waals surface area contributed by atoms with Gasteiger partial charge in [0.05, 0.1) is 14.8 Å². The quantitative estimate of drug-likeness (QED) is 0.736. The number of anilines is 1. The smallest absolute Gasteiger partial charge is 0.261 e. The number of nitrogens with one attached hydrogen (secondary N) is 2. The number of thiophene rings is 1. The number of nitrogens with zero attached hydrogens (tertiary/aromatic N) is 1. The van der Waals surface area contributed by atoms with Crippen LogP contribution in [0.15, 0.2) is 41.3 Å². The van der Waals surface area contributed by atoms with E-state index in [2.05, 4.69) is 10.6 Å². The molecule has 27 heavy (non-hydrogen) atoms. The molecule has 2 amide bonds. The van der Waals surface area contributed by atoms with Gasteiger partial charge in [-0.25, -0.2) is 12.7 Å². The van der Waals surface area contributed by atoms with E-state index in [0.717, 1.165) is 17.1 Å². The molecule has 144 valence electrons.